The predicted octanol–water partition coefficient (Wildman–Crippen LogP) is 2.90. The Bertz CT molecular complexity index is 371. The number of para-hydroxylation sites is 1. The van der Waals surface area contributed by atoms with E-state index in [9.17, 15) is 4.79 Å². The van der Waals surface area contributed by atoms with Crippen molar-refractivity contribution in [1.29, 1.82) is 0 Å². The van der Waals surface area contributed by atoms with E-state index in [0.29, 0.717) is 19.0 Å². The zero-order chi connectivity index (χ0) is 13.6. The van der Waals surface area contributed by atoms with Gasteiger partial charge in [0, 0.05) is 12.2 Å². The molecule has 0 saturated heterocycles. The summed E-state index contributed by atoms with van der Waals surface area (Å²) in [5, 5.41) is 6.07. The fourth-order valence-corrected chi connectivity index (χ4v) is 1.33. The zero-order valence-electron chi connectivity index (χ0n) is 11.8. The normalized spacial score (nSPS) is 11.4. The lowest BCUT2D eigenvalue weighted by atomic mass is 9.81. The third kappa shape index (κ3) is 4.78. The highest BCUT2D eigenvalue weighted by Crippen LogP contribution is 2.24. The quantitative estimate of drug-likeness (QED) is 0.812. The summed E-state index contributed by atoms with van der Waals surface area (Å²) in [5.74, 6) is 0.576. The maximum atomic E-state index is 11.7. The van der Waals surface area contributed by atoms with E-state index in [4.69, 9.17) is 0 Å². The Kier molecular flexibility index (Phi) is 5.20. The van der Waals surface area contributed by atoms with Gasteiger partial charge in [-0.15, -0.1) is 0 Å². The SMILES string of the molecule is CC(C)C(C)(C)CNC(=O)CNc1ccccc1. The summed E-state index contributed by atoms with van der Waals surface area (Å²) >= 11 is 0. The molecule has 1 amide bonds. The maximum Gasteiger partial charge on any atom is 0.239 e. The van der Waals surface area contributed by atoms with Gasteiger partial charge < -0.3 is 10.6 Å². The third-order valence-electron chi connectivity index (χ3n) is 3.53. The van der Waals surface area contributed by atoms with Crippen LogP contribution >= 0.6 is 0 Å². The molecule has 0 heterocycles. The molecule has 0 spiro atoms. The van der Waals surface area contributed by atoms with E-state index in [0.717, 1.165) is 5.69 Å². The molecule has 0 aliphatic rings. The molecule has 0 aliphatic heterocycles. The van der Waals surface area contributed by atoms with Crippen LogP contribution in [0.3, 0.4) is 0 Å². The number of amides is 1. The minimum absolute atomic E-state index is 0.0348. The second-order valence-electron chi connectivity index (χ2n) is 5.64. The Morgan fingerprint density at radius 1 is 1.22 bits per heavy atom. The van der Waals surface area contributed by atoms with Gasteiger partial charge in [-0.3, -0.25) is 4.79 Å². The van der Waals surface area contributed by atoms with Gasteiger partial charge in [0.25, 0.3) is 0 Å². The van der Waals surface area contributed by atoms with Gasteiger partial charge in [0.1, 0.15) is 0 Å². The average Bonchev–Trinajstić information content (AvgIpc) is 2.35. The molecule has 0 fully saturated rings. The van der Waals surface area contributed by atoms with Crippen molar-refractivity contribution in [2.24, 2.45) is 11.3 Å². The first kappa shape index (κ1) is 14.6. The summed E-state index contributed by atoms with van der Waals surface area (Å²) in [4.78, 5) is 11.7. The van der Waals surface area contributed by atoms with Crippen molar-refractivity contribution in [1.82, 2.24) is 5.32 Å². The Morgan fingerprint density at radius 2 is 1.83 bits per heavy atom. The van der Waals surface area contributed by atoms with E-state index in [1.165, 1.54) is 0 Å². The molecule has 100 valence electrons. The number of carbonyl (C=O) groups is 1. The average molecular weight is 248 g/mol. The van der Waals surface area contributed by atoms with Crippen LogP contribution in [0.25, 0.3) is 0 Å². The molecule has 3 nitrogen and oxygen atoms in total. The first-order chi connectivity index (χ1) is 8.42. The molecule has 18 heavy (non-hydrogen) atoms. The summed E-state index contributed by atoms with van der Waals surface area (Å²) in [6.45, 7) is 9.71. The van der Waals surface area contributed by atoms with Gasteiger partial charge in [0.2, 0.25) is 5.91 Å². The predicted molar refractivity (Wildman–Crippen MR) is 76.6 cm³/mol. The number of hydrogen-bond acceptors (Lipinski definition) is 2. The van der Waals surface area contributed by atoms with Crippen LogP contribution in [0.5, 0.6) is 0 Å². The lowest BCUT2D eigenvalue weighted by Gasteiger charge is -2.29. The number of rotatable bonds is 6. The second kappa shape index (κ2) is 6.43. The summed E-state index contributed by atoms with van der Waals surface area (Å²) < 4.78 is 0. The van der Waals surface area contributed by atoms with Gasteiger partial charge in [0.05, 0.1) is 6.54 Å². The van der Waals surface area contributed by atoms with E-state index < -0.39 is 0 Å². The fraction of sp³-hybridized carbons (Fsp3) is 0.533. The summed E-state index contributed by atoms with van der Waals surface area (Å²) in [6, 6.07) is 9.75. The number of hydrogen-bond donors (Lipinski definition) is 2. The van der Waals surface area contributed by atoms with Gasteiger partial charge in [-0.05, 0) is 23.5 Å². The smallest absolute Gasteiger partial charge is 0.239 e. The van der Waals surface area contributed by atoms with E-state index >= 15 is 0 Å². The third-order valence-corrected chi connectivity index (χ3v) is 3.53. The molecule has 0 unspecified atom stereocenters. The molecule has 0 atom stereocenters. The van der Waals surface area contributed by atoms with Crippen LogP contribution in [0.2, 0.25) is 0 Å². The van der Waals surface area contributed by atoms with Crippen molar-refractivity contribution in [2.45, 2.75) is 27.7 Å². The topological polar surface area (TPSA) is 41.1 Å². The Balaban J connectivity index is 2.31. The van der Waals surface area contributed by atoms with Crippen molar-refractivity contribution >= 4 is 11.6 Å². The number of anilines is 1. The van der Waals surface area contributed by atoms with Crippen LogP contribution in [0.1, 0.15) is 27.7 Å². The van der Waals surface area contributed by atoms with Gasteiger partial charge in [-0.1, -0.05) is 45.9 Å². The van der Waals surface area contributed by atoms with E-state index in [-0.39, 0.29) is 11.3 Å². The second-order valence-corrected chi connectivity index (χ2v) is 5.64. The van der Waals surface area contributed by atoms with Crippen LogP contribution in [-0.4, -0.2) is 19.0 Å². The molecule has 0 saturated carbocycles. The highest BCUT2D eigenvalue weighted by Gasteiger charge is 2.22. The van der Waals surface area contributed by atoms with Gasteiger partial charge in [-0.2, -0.15) is 0 Å². The van der Waals surface area contributed by atoms with Crippen LogP contribution in [-0.2, 0) is 4.79 Å². The molecule has 0 aliphatic carbocycles. The first-order valence-corrected chi connectivity index (χ1v) is 6.47. The van der Waals surface area contributed by atoms with E-state index in [1.807, 2.05) is 30.3 Å². The molecule has 2 N–H and O–H groups in total. The lowest BCUT2D eigenvalue weighted by Crippen LogP contribution is -2.39. The van der Waals surface area contributed by atoms with Crippen molar-refractivity contribution in [3.63, 3.8) is 0 Å². The first-order valence-electron chi connectivity index (χ1n) is 6.47. The molecular formula is C15H24N2O. The number of nitrogens with one attached hydrogen (secondary N) is 2. The van der Waals surface area contributed by atoms with Crippen LogP contribution in [0.15, 0.2) is 30.3 Å². The van der Waals surface area contributed by atoms with E-state index in [2.05, 4.69) is 38.3 Å². The van der Waals surface area contributed by atoms with Gasteiger partial charge in [0.15, 0.2) is 0 Å². The van der Waals surface area contributed by atoms with Gasteiger partial charge >= 0.3 is 0 Å². The van der Waals surface area contributed by atoms with Crippen LogP contribution in [0.4, 0.5) is 5.69 Å². The molecular weight excluding hydrogens is 224 g/mol. The number of benzene rings is 1. The van der Waals surface area contributed by atoms with Crippen molar-refractivity contribution in [2.75, 3.05) is 18.4 Å². The van der Waals surface area contributed by atoms with E-state index in [1.54, 1.807) is 0 Å². The maximum absolute atomic E-state index is 11.7. The van der Waals surface area contributed by atoms with Crippen molar-refractivity contribution < 1.29 is 4.79 Å². The molecule has 3 heteroatoms. The summed E-state index contributed by atoms with van der Waals surface area (Å²) in [5.41, 5.74) is 1.10. The minimum Gasteiger partial charge on any atom is -0.376 e. The molecule has 0 aromatic heterocycles. The molecule has 1 rings (SSSR count). The molecule has 0 radical (unpaired) electrons. The fourth-order valence-electron chi connectivity index (χ4n) is 1.33. The van der Waals surface area contributed by atoms with Crippen molar-refractivity contribution in [3.8, 4) is 0 Å². The molecule has 0 bridgehead atoms. The monoisotopic (exact) mass is 248 g/mol. The highest BCUT2D eigenvalue weighted by molar-refractivity contribution is 5.80. The van der Waals surface area contributed by atoms with Crippen molar-refractivity contribution in [3.05, 3.63) is 30.3 Å². The highest BCUT2D eigenvalue weighted by atomic mass is 16.1. The standard InChI is InChI=1S/C15H24N2O/c1-12(2)15(3,4)11-17-14(18)10-16-13-8-6-5-7-9-13/h5-9,12,16H,10-11H2,1-4H3,(H,17,18). The van der Waals surface area contributed by atoms with Crippen LogP contribution < -0.4 is 10.6 Å². The van der Waals surface area contributed by atoms with Gasteiger partial charge in [-0.25, -0.2) is 0 Å². The van der Waals surface area contributed by atoms with Crippen LogP contribution in [0, 0.1) is 11.3 Å². The summed E-state index contributed by atoms with van der Waals surface area (Å²) in [6.07, 6.45) is 0. The Hall–Kier alpha value is -1.51. The largest absolute Gasteiger partial charge is 0.376 e. The zero-order valence-corrected chi connectivity index (χ0v) is 11.8. The Labute approximate surface area is 110 Å². The lowest BCUT2D eigenvalue weighted by molar-refractivity contribution is -0.119. The number of carbonyl (C=O) groups excluding carboxylic acids is 1. The Morgan fingerprint density at radius 3 is 2.39 bits per heavy atom. The summed E-state index contributed by atoms with van der Waals surface area (Å²) in [7, 11) is 0. The molecule has 1 aromatic rings. The minimum atomic E-state index is 0.0348. The molecule has 1 aromatic carbocycles.